The van der Waals surface area contributed by atoms with Gasteiger partial charge in [0.1, 0.15) is 11.5 Å². The largest absolute Gasteiger partial charge is 0.466 e. The van der Waals surface area contributed by atoms with Gasteiger partial charge in [0.2, 0.25) is 5.91 Å². The van der Waals surface area contributed by atoms with Crippen molar-refractivity contribution in [2.24, 2.45) is 11.8 Å². The normalized spacial score (nSPS) is 33.2. The standard InChI is InChI=1S/C19H21NO4/c1-3-23-18(22)15-14-8-9-19(24-14)11-20(17(21)16(15)19)10-13-6-4-12(2)5-7-13/h4-9,14-16H,3,10-11H2,1-2H3/t14-,15-,16+,19-/m0/s1. The van der Waals surface area contributed by atoms with E-state index in [4.69, 9.17) is 9.47 Å². The third-order valence-electron chi connectivity index (χ3n) is 5.23. The number of amides is 1. The van der Waals surface area contributed by atoms with Crippen molar-refractivity contribution in [1.29, 1.82) is 0 Å². The fourth-order valence-electron chi connectivity index (χ4n) is 4.13. The highest BCUT2D eigenvalue weighted by Gasteiger charge is 2.67. The molecule has 5 heteroatoms. The minimum Gasteiger partial charge on any atom is -0.466 e. The third kappa shape index (κ3) is 2.18. The number of carbonyl (C=O) groups is 2. The Bertz CT molecular complexity index is 711. The van der Waals surface area contributed by atoms with Crippen LogP contribution in [-0.4, -0.2) is 41.6 Å². The Hall–Kier alpha value is -2.14. The van der Waals surface area contributed by atoms with Crippen LogP contribution in [0.25, 0.3) is 0 Å². The Kier molecular flexibility index (Phi) is 3.49. The van der Waals surface area contributed by atoms with Gasteiger partial charge in [0, 0.05) is 6.54 Å². The third-order valence-corrected chi connectivity index (χ3v) is 5.23. The molecule has 2 saturated heterocycles. The number of nitrogens with zero attached hydrogens (tertiary/aromatic N) is 1. The highest BCUT2D eigenvalue weighted by atomic mass is 16.6. The zero-order chi connectivity index (χ0) is 16.9. The number of fused-ring (bicyclic) bond motifs is 1. The fraction of sp³-hybridized carbons (Fsp3) is 0.474. The molecule has 3 heterocycles. The highest BCUT2D eigenvalue weighted by Crippen LogP contribution is 2.52. The van der Waals surface area contributed by atoms with Crippen LogP contribution in [0.1, 0.15) is 18.1 Å². The van der Waals surface area contributed by atoms with Crippen molar-refractivity contribution < 1.29 is 19.1 Å². The molecule has 126 valence electrons. The molecular formula is C19H21NO4. The molecule has 1 amide bonds. The average molecular weight is 327 g/mol. The smallest absolute Gasteiger partial charge is 0.312 e. The van der Waals surface area contributed by atoms with E-state index in [1.165, 1.54) is 5.56 Å². The summed E-state index contributed by atoms with van der Waals surface area (Å²) >= 11 is 0. The van der Waals surface area contributed by atoms with E-state index in [2.05, 4.69) is 0 Å². The maximum atomic E-state index is 13.0. The number of benzene rings is 1. The lowest BCUT2D eigenvalue weighted by Gasteiger charge is -2.22. The number of likely N-dealkylation sites (tertiary alicyclic amines) is 1. The number of carbonyl (C=O) groups excluding carboxylic acids is 2. The Balaban J connectivity index is 1.58. The molecule has 0 saturated carbocycles. The van der Waals surface area contributed by atoms with Crippen LogP contribution in [0.5, 0.6) is 0 Å². The van der Waals surface area contributed by atoms with Crippen molar-refractivity contribution in [1.82, 2.24) is 4.90 Å². The van der Waals surface area contributed by atoms with Crippen LogP contribution < -0.4 is 0 Å². The minimum absolute atomic E-state index is 0.0134. The summed E-state index contributed by atoms with van der Waals surface area (Å²) in [5, 5.41) is 0. The molecule has 1 aromatic carbocycles. The predicted octanol–water partition coefficient (Wildman–Crippen LogP) is 1.84. The molecule has 1 spiro atoms. The quantitative estimate of drug-likeness (QED) is 0.625. The molecular weight excluding hydrogens is 306 g/mol. The topological polar surface area (TPSA) is 55.8 Å². The fourth-order valence-corrected chi connectivity index (χ4v) is 4.13. The molecule has 0 N–H and O–H groups in total. The van der Waals surface area contributed by atoms with Crippen molar-refractivity contribution in [3.63, 3.8) is 0 Å². The van der Waals surface area contributed by atoms with Crippen molar-refractivity contribution in [2.75, 3.05) is 13.2 Å². The molecule has 3 aliphatic heterocycles. The lowest BCUT2D eigenvalue weighted by Crippen LogP contribution is -2.40. The molecule has 4 atom stereocenters. The second kappa shape index (κ2) is 5.45. The Morgan fingerprint density at radius 1 is 1.38 bits per heavy atom. The van der Waals surface area contributed by atoms with Gasteiger partial charge < -0.3 is 14.4 Å². The van der Waals surface area contributed by atoms with E-state index in [9.17, 15) is 9.59 Å². The first kappa shape index (κ1) is 15.4. The highest BCUT2D eigenvalue weighted by molar-refractivity contribution is 5.91. The second-order valence-electron chi connectivity index (χ2n) is 6.83. The summed E-state index contributed by atoms with van der Waals surface area (Å²) in [7, 11) is 0. The van der Waals surface area contributed by atoms with Gasteiger partial charge in [0.05, 0.1) is 25.2 Å². The number of aryl methyl sites for hydroxylation is 1. The minimum atomic E-state index is -0.663. The summed E-state index contributed by atoms with van der Waals surface area (Å²) in [6, 6.07) is 8.15. The maximum Gasteiger partial charge on any atom is 0.312 e. The van der Waals surface area contributed by atoms with Crippen molar-refractivity contribution in [3.05, 3.63) is 47.5 Å². The zero-order valence-corrected chi connectivity index (χ0v) is 13.9. The summed E-state index contributed by atoms with van der Waals surface area (Å²) in [5.41, 5.74) is 1.61. The first-order valence-corrected chi connectivity index (χ1v) is 8.42. The van der Waals surface area contributed by atoms with E-state index in [-0.39, 0.29) is 18.0 Å². The second-order valence-corrected chi connectivity index (χ2v) is 6.83. The van der Waals surface area contributed by atoms with Crippen LogP contribution in [0.4, 0.5) is 0 Å². The van der Waals surface area contributed by atoms with E-state index in [0.29, 0.717) is 19.7 Å². The van der Waals surface area contributed by atoms with Crippen molar-refractivity contribution in [3.8, 4) is 0 Å². The monoisotopic (exact) mass is 327 g/mol. The lowest BCUT2D eigenvalue weighted by atomic mass is 9.77. The first-order valence-electron chi connectivity index (χ1n) is 8.42. The van der Waals surface area contributed by atoms with Gasteiger partial charge in [0.25, 0.3) is 0 Å². The Labute approximate surface area is 141 Å². The van der Waals surface area contributed by atoms with Crippen LogP contribution in [-0.2, 0) is 25.6 Å². The van der Waals surface area contributed by atoms with E-state index >= 15 is 0 Å². The molecule has 24 heavy (non-hydrogen) atoms. The molecule has 0 radical (unpaired) electrons. The zero-order valence-electron chi connectivity index (χ0n) is 13.9. The van der Waals surface area contributed by atoms with Gasteiger partial charge >= 0.3 is 5.97 Å². The molecule has 5 nitrogen and oxygen atoms in total. The molecule has 0 unspecified atom stereocenters. The molecule has 0 aromatic heterocycles. The SMILES string of the molecule is CCOC(=O)[C@H]1[C@@H]2C=C[C@@]3(CN(Cc4ccc(C)cc4)C(=O)[C@@H]13)O2. The van der Waals surface area contributed by atoms with E-state index < -0.39 is 17.4 Å². The summed E-state index contributed by atoms with van der Waals surface area (Å²) in [5.74, 6) is -1.33. The summed E-state index contributed by atoms with van der Waals surface area (Å²) < 4.78 is 11.2. The van der Waals surface area contributed by atoms with Gasteiger partial charge in [-0.2, -0.15) is 0 Å². The number of hydrogen-bond acceptors (Lipinski definition) is 4. The summed E-state index contributed by atoms with van der Waals surface area (Å²) in [6.45, 7) is 5.15. The molecule has 2 bridgehead atoms. The van der Waals surface area contributed by atoms with Gasteiger partial charge in [-0.15, -0.1) is 0 Å². The van der Waals surface area contributed by atoms with Crippen molar-refractivity contribution >= 4 is 11.9 Å². The molecule has 1 aromatic rings. The van der Waals surface area contributed by atoms with Crippen LogP contribution in [0.3, 0.4) is 0 Å². The van der Waals surface area contributed by atoms with Crippen LogP contribution in [0.15, 0.2) is 36.4 Å². The predicted molar refractivity (Wildman–Crippen MR) is 87.0 cm³/mol. The molecule has 4 rings (SSSR count). The molecule has 2 fully saturated rings. The van der Waals surface area contributed by atoms with E-state index in [1.54, 1.807) is 11.8 Å². The van der Waals surface area contributed by atoms with E-state index in [1.807, 2.05) is 43.3 Å². The van der Waals surface area contributed by atoms with Gasteiger partial charge in [-0.25, -0.2) is 0 Å². The van der Waals surface area contributed by atoms with Crippen molar-refractivity contribution in [2.45, 2.75) is 32.1 Å². The van der Waals surface area contributed by atoms with Gasteiger partial charge in [-0.05, 0) is 19.4 Å². The Morgan fingerprint density at radius 2 is 2.12 bits per heavy atom. The Morgan fingerprint density at radius 3 is 2.83 bits per heavy atom. The van der Waals surface area contributed by atoms with Gasteiger partial charge in [0.15, 0.2) is 0 Å². The number of ether oxygens (including phenoxy) is 2. The molecule has 0 aliphatic carbocycles. The average Bonchev–Trinajstić information content (AvgIpc) is 3.19. The summed E-state index contributed by atoms with van der Waals surface area (Å²) in [4.78, 5) is 27.1. The lowest BCUT2D eigenvalue weighted by molar-refractivity contribution is -0.153. The summed E-state index contributed by atoms with van der Waals surface area (Å²) in [6.07, 6.45) is 3.53. The van der Waals surface area contributed by atoms with Crippen LogP contribution >= 0.6 is 0 Å². The first-order chi connectivity index (χ1) is 11.5. The maximum absolute atomic E-state index is 13.0. The van der Waals surface area contributed by atoms with Gasteiger partial charge in [-0.3, -0.25) is 9.59 Å². The van der Waals surface area contributed by atoms with Crippen LogP contribution in [0, 0.1) is 18.8 Å². The van der Waals surface area contributed by atoms with Gasteiger partial charge in [-0.1, -0.05) is 42.0 Å². The molecule has 3 aliphatic rings. The van der Waals surface area contributed by atoms with Crippen LogP contribution in [0.2, 0.25) is 0 Å². The number of hydrogen-bond donors (Lipinski definition) is 0. The van der Waals surface area contributed by atoms with E-state index in [0.717, 1.165) is 5.56 Å². The number of esters is 1. The number of rotatable bonds is 4.